The molecule has 1 atom stereocenters. The predicted molar refractivity (Wildman–Crippen MR) is 65.7 cm³/mol. The van der Waals surface area contributed by atoms with E-state index in [1.165, 1.54) is 22.0 Å². The zero-order valence-corrected chi connectivity index (χ0v) is 10.4. The van der Waals surface area contributed by atoms with E-state index in [4.69, 9.17) is 4.74 Å². The molecule has 0 bridgehead atoms. The van der Waals surface area contributed by atoms with Gasteiger partial charge in [0.2, 0.25) is 0 Å². The Labute approximate surface area is 98.2 Å². The normalized spacial score (nSPS) is 21.1. The van der Waals surface area contributed by atoms with Gasteiger partial charge in [-0.3, -0.25) is 0 Å². The molecule has 1 aliphatic heterocycles. The lowest BCUT2D eigenvalue weighted by atomic mass is 10.0. The van der Waals surface area contributed by atoms with Crippen LogP contribution in [0.1, 0.15) is 24.4 Å². The van der Waals surface area contributed by atoms with Crippen molar-refractivity contribution in [3.05, 3.63) is 27.3 Å². The van der Waals surface area contributed by atoms with Crippen molar-refractivity contribution in [1.29, 1.82) is 0 Å². The van der Waals surface area contributed by atoms with Gasteiger partial charge in [-0.05, 0) is 60.2 Å². The Balaban J connectivity index is 2.33. The van der Waals surface area contributed by atoms with Gasteiger partial charge in [0.25, 0.3) is 0 Å². The van der Waals surface area contributed by atoms with Gasteiger partial charge in [0.15, 0.2) is 0 Å². The van der Waals surface area contributed by atoms with Crippen LogP contribution in [0.2, 0.25) is 0 Å². The van der Waals surface area contributed by atoms with Crippen LogP contribution in [0.3, 0.4) is 0 Å². The Bertz CT molecular complexity index is 321. The van der Waals surface area contributed by atoms with Gasteiger partial charge in [-0.1, -0.05) is 0 Å². The molecule has 2 rings (SSSR count). The molecule has 76 valence electrons. The van der Waals surface area contributed by atoms with E-state index in [1.54, 1.807) is 7.11 Å². The first-order chi connectivity index (χ1) is 6.81. The minimum absolute atomic E-state index is 0.486. The topological polar surface area (TPSA) is 21.3 Å². The van der Waals surface area contributed by atoms with Crippen molar-refractivity contribution < 1.29 is 4.74 Å². The minimum atomic E-state index is 0.486. The number of nitrogens with one attached hydrogen (secondary N) is 1. The first-order valence-electron chi connectivity index (χ1n) is 4.88. The van der Waals surface area contributed by atoms with E-state index in [9.17, 15) is 0 Å². The molecule has 1 aliphatic rings. The summed E-state index contributed by atoms with van der Waals surface area (Å²) in [6.07, 6.45) is 2.48. The van der Waals surface area contributed by atoms with Crippen molar-refractivity contribution in [2.45, 2.75) is 18.9 Å². The fraction of sp³-hybridized carbons (Fsp3) is 0.455. The van der Waals surface area contributed by atoms with Crippen LogP contribution in [0.4, 0.5) is 0 Å². The average Bonchev–Trinajstić information content (AvgIpc) is 2.70. The largest absolute Gasteiger partial charge is 0.496 e. The molecule has 0 aliphatic carbocycles. The second-order valence-corrected chi connectivity index (χ2v) is 4.78. The lowest BCUT2D eigenvalue weighted by Crippen LogP contribution is -2.13. The quantitative estimate of drug-likeness (QED) is 0.848. The highest BCUT2D eigenvalue weighted by atomic mass is 127. The Hall–Kier alpha value is -0.290. The molecule has 1 heterocycles. The first kappa shape index (κ1) is 10.2. The molecular formula is C11H14INO. The van der Waals surface area contributed by atoms with E-state index in [0.29, 0.717) is 6.04 Å². The maximum atomic E-state index is 5.37. The van der Waals surface area contributed by atoms with Gasteiger partial charge >= 0.3 is 0 Å². The van der Waals surface area contributed by atoms with E-state index >= 15 is 0 Å². The Morgan fingerprint density at radius 1 is 1.50 bits per heavy atom. The summed E-state index contributed by atoms with van der Waals surface area (Å²) < 4.78 is 6.64. The SMILES string of the molecule is COc1ccc(I)cc1[C@@H]1CCCN1. The van der Waals surface area contributed by atoms with Crippen LogP contribution in [0, 0.1) is 3.57 Å². The molecule has 2 nitrogen and oxygen atoms in total. The maximum Gasteiger partial charge on any atom is 0.123 e. The van der Waals surface area contributed by atoms with E-state index in [2.05, 4.69) is 46.1 Å². The van der Waals surface area contributed by atoms with Crippen LogP contribution in [0.5, 0.6) is 5.75 Å². The van der Waals surface area contributed by atoms with Crippen molar-refractivity contribution >= 4 is 22.6 Å². The monoisotopic (exact) mass is 303 g/mol. The summed E-state index contributed by atoms with van der Waals surface area (Å²) >= 11 is 2.34. The third-order valence-electron chi connectivity index (χ3n) is 2.63. The molecule has 1 fully saturated rings. The van der Waals surface area contributed by atoms with Crippen molar-refractivity contribution in [3.8, 4) is 5.75 Å². The summed E-state index contributed by atoms with van der Waals surface area (Å²) in [5.74, 6) is 1.00. The van der Waals surface area contributed by atoms with Crippen LogP contribution in [-0.4, -0.2) is 13.7 Å². The van der Waals surface area contributed by atoms with E-state index < -0.39 is 0 Å². The number of hydrogen-bond acceptors (Lipinski definition) is 2. The van der Waals surface area contributed by atoms with Gasteiger partial charge in [0.05, 0.1) is 7.11 Å². The fourth-order valence-corrected chi connectivity index (χ4v) is 2.44. The van der Waals surface area contributed by atoms with Gasteiger partial charge in [-0.15, -0.1) is 0 Å². The van der Waals surface area contributed by atoms with Crippen LogP contribution < -0.4 is 10.1 Å². The molecule has 0 radical (unpaired) electrons. The fourth-order valence-electron chi connectivity index (χ4n) is 1.93. The van der Waals surface area contributed by atoms with Gasteiger partial charge < -0.3 is 10.1 Å². The van der Waals surface area contributed by atoms with Gasteiger partial charge in [-0.25, -0.2) is 0 Å². The van der Waals surface area contributed by atoms with Crippen molar-refractivity contribution in [2.24, 2.45) is 0 Å². The highest BCUT2D eigenvalue weighted by Gasteiger charge is 2.19. The lowest BCUT2D eigenvalue weighted by Gasteiger charge is -2.15. The second kappa shape index (κ2) is 4.49. The molecule has 1 saturated heterocycles. The van der Waals surface area contributed by atoms with Crippen LogP contribution in [0.15, 0.2) is 18.2 Å². The van der Waals surface area contributed by atoms with Gasteiger partial charge in [0, 0.05) is 15.2 Å². The first-order valence-corrected chi connectivity index (χ1v) is 5.96. The summed E-state index contributed by atoms with van der Waals surface area (Å²) in [5.41, 5.74) is 1.30. The van der Waals surface area contributed by atoms with E-state index in [1.807, 2.05) is 0 Å². The number of ether oxygens (including phenoxy) is 1. The number of rotatable bonds is 2. The minimum Gasteiger partial charge on any atom is -0.496 e. The molecule has 1 aromatic rings. The summed E-state index contributed by atoms with van der Waals surface area (Å²) in [7, 11) is 1.74. The third-order valence-corrected chi connectivity index (χ3v) is 3.30. The summed E-state index contributed by atoms with van der Waals surface area (Å²) in [6.45, 7) is 1.12. The molecular weight excluding hydrogens is 289 g/mol. The van der Waals surface area contributed by atoms with Crippen LogP contribution in [-0.2, 0) is 0 Å². The molecule has 0 aromatic heterocycles. The third kappa shape index (κ3) is 2.03. The van der Waals surface area contributed by atoms with Crippen LogP contribution in [0.25, 0.3) is 0 Å². The predicted octanol–water partition coefficient (Wildman–Crippen LogP) is 2.72. The van der Waals surface area contributed by atoms with E-state index in [0.717, 1.165) is 12.3 Å². The molecule has 0 unspecified atom stereocenters. The molecule has 1 N–H and O–H groups in total. The second-order valence-electron chi connectivity index (χ2n) is 3.54. The molecule has 0 amide bonds. The Kier molecular flexibility index (Phi) is 3.28. The summed E-state index contributed by atoms with van der Waals surface area (Å²) in [6, 6.07) is 6.83. The standard InChI is InChI=1S/C11H14INO/c1-14-11-5-4-8(12)7-9(11)10-3-2-6-13-10/h4-5,7,10,13H,2-3,6H2,1H3/t10-/m0/s1. The summed E-state index contributed by atoms with van der Waals surface area (Å²) in [5, 5.41) is 3.49. The average molecular weight is 303 g/mol. The smallest absolute Gasteiger partial charge is 0.123 e. The number of hydrogen-bond donors (Lipinski definition) is 1. The molecule has 1 aromatic carbocycles. The molecule has 14 heavy (non-hydrogen) atoms. The molecule has 0 spiro atoms. The Morgan fingerprint density at radius 3 is 3.00 bits per heavy atom. The zero-order chi connectivity index (χ0) is 9.97. The number of methoxy groups -OCH3 is 1. The summed E-state index contributed by atoms with van der Waals surface area (Å²) in [4.78, 5) is 0. The number of benzene rings is 1. The number of halogens is 1. The Morgan fingerprint density at radius 2 is 2.36 bits per heavy atom. The van der Waals surface area contributed by atoms with Crippen LogP contribution >= 0.6 is 22.6 Å². The lowest BCUT2D eigenvalue weighted by molar-refractivity contribution is 0.403. The van der Waals surface area contributed by atoms with Crippen molar-refractivity contribution in [1.82, 2.24) is 5.32 Å². The highest BCUT2D eigenvalue weighted by Crippen LogP contribution is 2.31. The van der Waals surface area contributed by atoms with Gasteiger partial charge in [-0.2, -0.15) is 0 Å². The van der Waals surface area contributed by atoms with Crippen molar-refractivity contribution in [3.63, 3.8) is 0 Å². The van der Waals surface area contributed by atoms with Gasteiger partial charge in [0.1, 0.15) is 5.75 Å². The molecule has 3 heteroatoms. The van der Waals surface area contributed by atoms with E-state index in [-0.39, 0.29) is 0 Å². The molecule has 0 saturated carbocycles. The highest BCUT2D eigenvalue weighted by molar-refractivity contribution is 14.1. The maximum absolute atomic E-state index is 5.37. The zero-order valence-electron chi connectivity index (χ0n) is 8.22. The van der Waals surface area contributed by atoms with Crippen molar-refractivity contribution in [2.75, 3.05) is 13.7 Å².